The van der Waals surface area contributed by atoms with Gasteiger partial charge in [-0.2, -0.15) is 0 Å². The van der Waals surface area contributed by atoms with Crippen molar-refractivity contribution in [3.63, 3.8) is 0 Å². The molecule has 0 radical (unpaired) electrons. The van der Waals surface area contributed by atoms with Gasteiger partial charge in [-0.05, 0) is 33.9 Å². The van der Waals surface area contributed by atoms with E-state index in [-0.39, 0.29) is 5.60 Å². The van der Waals surface area contributed by atoms with E-state index in [4.69, 9.17) is 4.74 Å². The van der Waals surface area contributed by atoms with Crippen LogP contribution < -0.4 is 0 Å². The average Bonchev–Trinajstić information content (AvgIpc) is 2.11. The Morgan fingerprint density at radius 2 is 2.08 bits per heavy atom. The summed E-state index contributed by atoms with van der Waals surface area (Å²) in [4.78, 5) is 12.3. The lowest BCUT2D eigenvalue weighted by molar-refractivity contribution is -0.111. The van der Waals surface area contributed by atoms with Crippen LogP contribution in [0.3, 0.4) is 0 Å². The molecule has 0 unspecified atom stereocenters. The van der Waals surface area contributed by atoms with E-state index in [9.17, 15) is 4.79 Å². The Bertz CT molecular complexity index is 146. The third kappa shape index (κ3) is 6.72. The second-order valence-electron chi connectivity index (χ2n) is 3.91. The van der Waals surface area contributed by atoms with Crippen molar-refractivity contribution in [3.8, 4) is 0 Å². The second kappa shape index (κ2) is 6.11. The molecule has 3 nitrogen and oxygen atoms in total. The monoisotopic (exact) mass is 187 g/mol. The SMILES string of the molecule is CCN(C)COC(C)(C)CCC=O. The molecule has 0 fully saturated rings. The first-order valence-corrected chi connectivity index (χ1v) is 4.78. The van der Waals surface area contributed by atoms with Crippen LogP contribution in [0.5, 0.6) is 0 Å². The highest BCUT2D eigenvalue weighted by molar-refractivity contribution is 5.49. The number of hydrogen-bond donors (Lipinski definition) is 0. The summed E-state index contributed by atoms with van der Waals surface area (Å²) < 4.78 is 5.65. The molecule has 3 heteroatoms. The summed E-state index contributed by atoms with van der Waals surface area (Å²) in [7, 11) is 2.01. The molecule has 0 saturated carbocycles. The van der Waals surface area contributed by atoms with Crippen LogP contribution in [-0.2, 0) is 9.53 Å². The van der Waals surface area contributed by atoms with Crippen LogP contribution in [0.1, 0.15) is 33.6 Å². The molecule has 0 atom stereocenters. The molecule has 0 aliphatic carbocycles. The summed E-state index contributed by atoms with van der Waals surface area (Å²) in [6.07, 6.45) is 2.30. The number of hydrogen-bond acceptors (Lipinski definition) is 3. The maximum absolute atomic E-state index is 10.2. The Labute approximate surface area is 81.1 Å². The van der Waals surface area contributed by atoms with Gasteiger partial charge in [0.1, 0.15) is 6.29 Å². The Morgan fingerprint density at radius 1 is 1.46 bits per heavy atom. The zero-order valence-corrected chi connectivity index (χ0v) is 9.17. The van der Waals surface area contributed by atoms with E-state index in [1.165, 1.54) is 0 Å². The van der Waals surface area contributed by atoms with E-state index in [0.717, 1.165) is 19.3 Å². The summed E-state index contributed by atoms with van der Waals surface area (Å²) in [6.45, 7) is 7.72. The van der Waals surface area contributed by atoms with Crippen molar-refractivity contribution in [2.24, 2.45) is 0 Å². The molecule has 0 aromatic heterocycles. The highest BCUT2D eigenvalue weighted by Gasteiger charge is 2.17. The summed E-state index contributed by atoms with van der Waals surface area (Å²) in [5, 5.41) is 0. The number of carbonyl (C=O) groups is 1. The zero-order valence-electron chi connectivity index (χ0n) is 9.17. The molecule has 0 aromatic carbocycles. The first-order chi connectivity index (χ1) is 6.02. The fourth-order valence-electron chi connectivity index (χ4n) is 0.855. The molecule has 0 amide bonds. The van der Waals surface area contributed by atoms with Crippen LogP contribution in [-0.4, -0.2) is 37.1 Å². The fraction of sp³-hybridized carbons (Fsp3) is 0.900. The van der Waals surface area contributed by atoms with E-state index >= 15 is 0 Å². The number of carbonyl (C=O) groups excluding carboxylic acids is 1. The van der Waals surface area contributed by atoms with Gasteiger partial charge in [0, 0.05) is 6.42 Å². The Balaban J connectivity index is 3.67. The first-order valence-electron chi connectivity index (χ1n) is 4.78. The molecule has 0 aliphatic rings. The lowest BCUT2D eigenvalue weighted by atomic mass is 10.0. The highest BCUT2D eigenvalue weighted by atomic mass is 16.5. The van der Waals surface area contributed by atoms with Crippen molar-refractivity contribution < 1.29 is 9.53 Å². The van der Waals surface area contributed by atoms with Crippen molar-refractivity contribution in [1.82, 2.24) is 4.90 Å². The molecule has 78 valence electrons. The van der Waals surface area contributed by atoms with Gasteiger partial charge in [0.15, 0.2) is 0 Å². The van der Waals surface area contributed by atoms with Gasteiger partial charge in [-0.15, -0.1) is 0 Å². The first kappa shape index (κ1) is 12.6. The second-order valence-corrected chi connectivity index (χ2v) is 3.91. The smallest absolute Gasteiger partial charge is 0.120 e. The van der Waals surface area contributed by atoms with E-state index in [1.807, 2.05) is 20.9 Å². The lowest BCUT2D eigenvalue weighted by Crippen LogP contribution is -2.31. The third-order valence-corrected chi connectivity index (χ3v) is 2.08. The van der Waals surface area contributed by atoms with E-state index < -0.39 is 0 Å². The van der Waals surface area contributed by atoms with Crippen LogP contribution >= 0.6 is 0 Å². The standard InChI is InChI=1S/C10H21NO2/c1-5-11(4)9-13-10(2,3)7-6-8-12/h8H,5-7,9H2,1-4H3. The number of aldehydes is 1. The van der Waals surface area contributed by atoms with Gasteiger partial charge in [-0.1, -0.05) is 6.92 Å². The van der Waals surface area contributed by atoms with E-state index in [0.29, 0.717) is 13.2 Å². The summed E-state index contributed by atoms with van der Waals surface area (Å²) in [5.74, 6) is 0. The predicted molar refractivity (Wildman–Crippen MR) is 53.6 cm³/mol. The Kier molecular flexibility index (Phi) is 5.91. The molecule has 0 heterocycles. The number of nitrogens with zero attached hydrogens (tertiary/aromatic N) is 1. The summed E-state index contributed by atoms with van der Waals surface area (Å²) in [5.41, 5.74) is -0.190. The van der Waals surface area contributed by atoms with Crippen LogP contribution in [0.4, 0.5) is 0 Å². The minimum absolute atomic E-state index is 0.190. The van der Waals surface area contributed by atoms with Crippen LogP contribution in [0.25, 0.3) is 0 Å². The van der Waals surface area contributed by atoms with Crippen molar-refractivity contribution >= 4 is 6.29 Å². The number of rotatable bonds is 7. The van der Waals surface area contributed by atoms with Gasteiger partial charge in [0.2, 0.25) is 0 Å². The molecule has 0 aromatic rings. The molecule has 0 saturated heterocycles. The van der Waals surface area contributed by atoms with Gasteiger partial charge >= 0.3 is 0 Å². The molecular weight excluding hydrogens is 166 g/mol. The molecular formula is C10H21NO2. The molecule has 0 spiro atoms. The quantitative estimate of drug-likeness (QED) is 0.448. The van der Waals surface area contributed by atoms with Crippen molar-refractivity contribution in [3.05, 3.63) is 0 Å². The minimum atomic E-state index is -0.190. The van der Waals surface area contributed by atoms with E-state index in [2.05, 4.69) is 11.8 Å². The predicted octanol–water partition coefficient (Wildman–Crippen LogP) is 1.67. The van der Waals surface area contributed by atoms with Crippen LogP contribution in [0.15, 0.2) is 0 Å². The number of ether oxygens (including phenoxy) is 1. The molecule has 0 rings (SSSR count). The van der Waals surface area contributed by atoms with Crippen molar-refractivity contribution in [2.75, 3.05) is 20.3 Å². The highest BCUT2D eigenvalue weighted by Crippen LogP contribution is 2.15. The third-order valence-electron chi connectivity index (χ3n) is 2.08. The minimum Gasteiger partial charge on any atom is -0.360 e. The average molecular weight is 187 g/mol. The molecule has 0 bridgehead atoms. The van der Waals surface area contributed by atoms with Gasteiger partial charge in [-0.3, -0.25) is 4.90 Å². The lowest BCUT2D eigenvalue weighted by Gasteiger charge is -2.27. The topological polar surface area (TPSA) is 29.5 Å². The van der Waals surface area contributed by atoms with Gasteiger partial charge in [0.05, 0.1) is 12.3 Å². The Hall–Kier alpha value is -0.410. The Morgan fingerprint density at radius 3 is 2.54 bits per heavy atom. The van der Waals surface area contributed by atoms with Crippen molar-refractivity contribution in [1.29, 1.82) is 0 Å². The van der Waals surface area contributed by atoms with Gasteiger partial charge in [0.25, 0.3) is 0 Å². The zero-order chi connectivity index (χ0) is 10.3. The van der Waals surface area contributed by atoms with Crippen LogP contribution in [0, 0.1) is 0 Å². The van der Waals surface area contributed by atoms with Crippen LogP contribution in [0.2, 0.25) is 0 Å². The molecule has 13 heavy (non-hydrogen) atoms. The maximum atomic E-state index is 10.2. The summed E-state index contributed by atoms with van der Waals surface area (Å²) in [6, 6.07) is 0. The van der Waals surface area contributed by atoms with Gasteiger partial charge < -0.3 is 9.53 Å². The molecule has 0 N–H and O–H groups in total. The van der Waals surface area contributed by atoms with E-state index in [1.54, 1.807) is 0 Å². The summed E-state index contributed by atoms with van der Waals surface area (Å²) >= 11 is 0. The largest absolute Gasteiger partial charge is 0.360 e. The molecule has 0 aliphatic heterocycles. The normalized spacial score (nSPS) is 12.1. The van der Waals surface area contributed by atoms with Crippen molar-refractivity contribution in [2.45, 2.75) is 39.2 Å². The van der Waals surface area contributed by atoms with Gasteiger partial charge in [-0.25, -0.2) is 0 Å². The maximum Gasteiger partial charge on any atom is 0.120 e. The fourth-order valence-corrected chi connectivity index (χ4v) is 0.855.